The van der Waals surface area contributed by atoms with Crippen LogP contribution in [0.3, 0.4) is 0 Å². The highest BCUT2D eigenvalue weighted by Gasteiger charge is 2.23. The SMILES string of the molecule is C=CN1CCN(C)C(=O)/C1=C/C. The van der Waals surface area contributed by atoms with Crippen LogP contribution in [-0.4, -0.2) is 35.8 Å². The van der Waals surface area contributed by atoms with E-state index in [-0.39, 0.29) is 5.91 Å². The topological polar surface area (TPSA) is 23.6 Å². The van der Waals surface area contributed by atoms with Crippen molar-refractivity contribution in [2.45, 2.75) is 6.92 Å². The van der Waals surface area contributed by atoms with Crippen LogP contribution in [0.5, 0.6) is 0 Å². The van der Waals surface area contributed by atoms with Gasteiger partial charge < -0.3 is 9.80 Å². The number of rotatable bonds is 1. The van der Waals surface area contributed by atoms with Gasteiger partial charge in [-0.3, -0.25) is 4.79 Å². The van der Waals surface area contributed by atoms with Crippen molar-refractivity contribution in [1.29, 1.82) is 0 Å². The van der Waals surface area contributed by atoms with Crippen LogP contribution in [0, 0.1) is 0 Å². The van der Waals surface area contributed by atoms with E-state index in [1.54, 1.807) is 11.1 Å². The zero-order valence-corrected chi connectivity index (χ0v) is 7.58. The first kappa shape index (κ1) is 8.84. The van der Waals surface area contributed by atoms with Crippen LogP contribution in [0.1, 0.15) is 6.92 Å². The molecule has 1 heterocycles. The second-order valence-electron chi connectivity index (χ2n) is 2.78. The van der Waals surface area contributed by atoms with Gasteiger partial charge in [-0.1, -0.05) is 12.7 Å². The molecule has 0 spiro atoms. The van der Waals surface area contributed by atoms with Crippen molar-refractivity contribution in [2.24, 2.45) is 0 Å². The number of carbonyl (C=O) groups is 1. The molecule has 0 saturated carbocycles. The molecule has 0 N–H and O–H groups in total. The monoisotopic (exact) mass is 166 g/mol. The molecule has 66 valence electrons. The summed E-state index contributed by atoms with van der Waals surface area (Å²) in [7, 11) is 1.81. The van der Waals surface area contributed by atoms with E-state index < -0.39 is 0 Å². The first-order valence-electron chi connectivity index (χ1n) is 4.01. The molecule has 0 bridgehead atoms. The van der Waals surface area contributed by atoms with Crippen LogP contribution in [0.15, 0.2) is 24.6 Å². The van der Waals surface area contributed by atoms with Crippen LogP contribution in [0.2, 0.25) is 0 Å². The highest BCUT2D eigenvalue weighted by Crippen LogP contribution is 2.13. The molecule has 1 amide bonds. The molecule has 1 saturated heterocycles. The zero-order valence-electron chi connectivity index (χ0n) is 7.58. The molecule has 0 atom stereocenters. The maximum absolute atomic E-state index is 11.5. The van der Waals surface area contributed by atoms with Crippen molar-refractivity contribution >= 4 is 5.91 Å². The normalized spacial score (nSPS) is 21.8. The predicted molar refractivity (Wildman–Crippen MR) is 48.3 cm³/mol. The summed E-state index contributed by atoms with van der Waals surface area (Å²) in [6.07, 6.45) is 3.51. The number of allylic oxidation sites excluding steroid dienone is 1. The molecular formula is C9H14N2O. The average molecular weight is 166 g/mol. The molecule has 3 nitrogen and oxygen atoms in total. The summed E-state index contributed by atoms with van der Waals surface area (Å²) in [5.74, 6) is 0.0728. The van der Waals surface area contributed by atoms with Crippen LogP contribution in [0.4, 0.5) is 0 Å². The summed E-state index contributed by atoms with van der Waals surface area (Å²) in [6.45, 7) is 7.13. The lowest BCUT2D eigenvalue weighted by atomic mass is 10.2. The van der Waals surface area contributed by atoms with Crippen molar-refractivity contribution in [2.75, 3.05) is 20.1 Å². The zero-order chi connectivity index (χ0) is 9.14. The number of carbonyl (C=O) groups excluding carboxylic acids is 1. The highest BCUT2D eigenvalue weighted by atomic mass is 16.2. The third-order valence-electron chi connectivity index (χ3n) is 2.05. The quantitative estimate of drug-likeness (QED) is 0.538. The first-order valence-corrected chi connectivity index (χ1v) is 4.01. The van der Waals surface area contributed by atoms with Gasteiger partial charge in [0.05, 0.1) is 0 Å². The standard InChI is InChI=1S/C9H14N2O/c1-4-8-9(12)10(3)6-7-11(8)5-2/h4-5H,2,6-7H2,1,3H3/b8-4-. The van der Waals surface area contributed by atoms with Gasteiger partial charge in [-0.15, -0.1) is 0 Å². The lowest BCUT2D eigenvalue weighted by molar-refractivity contribution is -0.129. The summed E-state index contributed by atoms with van der Waals surface area (Å²) in [5, 5.41) is 0. The molecule has 0 aromatic heterocycles. The van der Waals surface area contributed by atoms with Crippen molar-refractivity contribution in [3.05, 3.63) is 24.6 Å². The number of amides is 1. The maximum atomic E-state index is 11.5. The number of hydrogen-bond acceptors (Lipinski definition) is 2. The van der Waals surface area contributed by atoms with E-state index in [0.29, 0.717) is 0 Å². The van der Waals surface area contributed by atoms with Crippen molar-refractivity contribution in [3.8, 4) is 0 Å². The van der Waals surface area contributed by atoms with Crippen LogP contribution < -0.4 is 0 Å². The fourth-order valence-corrected chi connectivity index (χ4v) is 1.28. The minimum atomic E-state index is 0.0728. The van der Waals surface area contributed by atoms with Crippen molar-refractivity contribution < 1.29 is 4.79 Å². The Morgan fingerprint density at radius 1 is 1.50 bits per heavy atom. The van der Waals surface area contributed by atoms with E-state index in [0.717, 1.165) is 18.8 Å². The first-order chi connectivity index (χ1) is 5.70. The Balaban J connectivity index is 2.86. The molecule has 0 aromatic carbocycles. The van der Waals surface area contributed by atoms with E-state index in [1.165, 1.54) is 0 Å². The Morgan fingerprint density at radius 2 is 2.17 bits per heavy atom. The Labute approximate surface area is 73.0 Å². The number of likely N-dealkylation sites (N-methyl/N-ethyl adjacent to an activating group) is 1. The molecule has 0 unspecified atom stereocenters. The van der Waals surface area contributed by atoms with E-state index in [9.17, 15) is 4.79 Å². The predicted octanol–water partition coefficient (Wildman–Crippen LogP) is 0.808. The lowest BCUT2D eigenvalue weighted by Crippen LogP contribution is -2.44. The van der Waals surface area contributed by atoms with Gasteiger partial charge in [0.2, 0.25) is 0 Å². The number of nitrogens with zero attached hydrogens (tertiary/aromatic N) is 2. The smallest absolute Gasteiger partial charge is 0.269 e. The van der Waals surface area contributed by atoms with E-state index >= 15 is 0 Å². The fourth-order valence-electron chi connectivity index (χ4n) is 1.28. The number of hydrogen-bond donors (Lipinski definition) is 0. The summed E-state index contributed by atoms with van der Waals surface area (Å²) < 4.78 is 0. The minimum Gasteiger partial charge on any atom is -0.343 e. The molecule has 1 aliphatic rings. The molecule has 1 aliphatic heterocycles. The summed E-state index contributed by atoms with van der Waals surface area (Å²) >= 11 is 0. The summed E-state index contributed by atoms with van der Waals surface area (Å²) in [5.41, 5.74) is 0.721. The van der Waals surface area contributed by atoms with Crippen LogP contribution in [-0.2, 0) is 4.79 Å². The third-order valence-corrected chi connectivity index (χ3v) is 2.05. The van der Waals surface area contributed by atoms with Gasteiger partial charge in [0.25, 0.3) is 5.91 Å². The Kier molecular flexibility index (Phi) is 2.53. The van der Waals surface area contributed by atoms with Gasteiger partial charge in [0.1, 0.15) is 5.70 Å². The molecule has 1 rings (SSSR count). The molecule has 3 heteroatoms. The molecule has 0 aliphatic carbocycles. The van der Waals surface area contributed by atoms with Crippen molar-refractivity contribution in [3.63, 3.8) is 0 Å². The molecular weight excluding hydrogens is 152 g/mol. The largest absolute Gasteiger partial charge is 0.343 e. The second-order valence-corrected chi connectivity index (χ2v) is 2.78. The Morgan fingerprint density at radius 3 is 2.67 bits per heavy atom. The molecule has 0 radical (unpaired) electrons. The van der Waals surface area contributed by atoms with Gasteiger partial charge in [0, 0.05) is 20.1 Å². The fraction of sp³-hybridized carbons (Fsp3) is 0.444. The van der Waals surface area contributed by atoms with Gasteiger partial charge in [-0.2, -0.15) is 0 Å². The van der Waals surface area contributed by atoms with Crippen LogP contribution in [0.25, 0.3) is 0 Å². The summed E-state index contributed by atoms with van der Waals surface area (Å²) in [6, 6.07) is 0. The lowest BCUT2D eigenvalue weighted by Gasteiger charge is -2.33. The third kappa shape index (κ3) is 1.35. The van der Waals surface area contributed by atoms with Crippen molar-refractivity contribution in [1.82, 2.24) is 9.80 Å². The molecule has 12 heavy (non-hydrogen) atoms. The highest BCUT2D eigenvalue weighted by molar-refractivity contribution is 5.93. The van der Waals surface area contributed by atoms with Crippen LogP contribution >= 0.6 is 0 Å². The summed E-state index contributed by atoms with van der Waals surface area (Å²) in [4.78, 5) is 15.1. The van der Waals surface area contributed by atoms with E-state index in [2.05, 4.69) is 6.58 Å². The minimum absolute atomic E-state index is 0.0728. The molecule has 0 aromatic rings. The molecule has 1 fully saturated rings. The maximum Gasteiger partial charge on any atom is 0.269 e. The number of piperazine rings is 1. The van der Waals surface area contributed by atoms with E-state index in [4.69, 9.17) is 0 Å². The second kappa shape index (κ2) is 3.43. The Hall–Kier alpha value is -1.25. The van der Waals surface area contributed by atoms with Gasteiger partial charge >= 0.3 is 0 Å². The average Bonchev–Trinajstić information content (AvgIpc) is 2.09. The Bertz CT molecular complexity index is 233. The van der Waals surface area contributed by atoms with Gasteiger partial charge in [0.15, 0.2) is 0 Å². The van der Waals surface area contributed by atoms with Gasteiger partial charge in [-0.25, -0.2) is 0 Å². The van der Waals surface area contributed by atoms with E-state index in [1.807, 2.05) is 24.9 Å². The van der Waals surface area contributed by atoms with Gasteiger partial charge in [-0.05, 0) is 13.1 Å².